The smallest absolute Gasteiger partial charge is 0.431 e. The number of benzene rings is 1. The second-order valence-corrected chi connectivity index (χ2v) is 3.57. The summed E-state index contributed by atoms with van der Waals surface area (Å²) in [6.45, 7) is 0. The molecule has 3 nitrogen and oxygen atoms in total. The van der Waals surface area contributed by atoms with Gasteiger partial charge in [0.1, 0.15) is 0 Å². The highest BCUT2D eigenvalue weighted by Gasteiger charge is 2.32. The molecular weight excluding hydrogens is 175 g/mol. The van der Waals surface area contributed by atoms with Crippen molar-refractivity contribution in [3.05, 3.63) is 30.3 Å². The first-order chi connectivity index (χ1) is 5.75. The van der Waals surface area contributed by atoms with Crippen LogP contribution in [-0.2, 0) is 9.30 Å². The summed E-state index contributed by atoms with van der Waals surface area (Å²) >= 11 is 0. The fourth-order valence-corrected chi connectivity index (χ4v) is 1.57. The van der Waals surface area contributed by atoms with E-state index in [1.807, 2.05) is 0 Å². The third-order valence-electron chi connectivity index (χ3n) is 1.33. The zero-order chi connectivity index (χ0) is 8.97. The molecule has 4 heteroatoms. The van der Waals surface area contributed by atoms with Crippen LogP contribution in [0.4, 0.5) is 4.79 Å². The van der Waals surface area contributed by atoms with Gasteiger partial charge in [0.15, 0.2) is 0 Å². The van der Waals surface area contributed by atoms with E-state index in [1.54, 1.807) is 30.3 Å². The van der Waals surface area contributed by atoms with Crippen molar-refractivity contribution >= 4 is 18.8 Å². The SMILES string of the molecule is COC(=O)[P+](=O)c1ccccc1. The Morgan fingerprint density at radius 1 is 1.33 bits per heavy atom. The lowest BCUT2D eigenvalue weighted by Gasteiger charge is -1.85. The quantitative estimate of drug-likeness (QED) is 0.657. The van der Waals surface area contributed by atoms with Crippen molar-refractivity contribution in [2.75, 3.05) is 7.11 Å². The predicted octanol–water partition coefficient (Wildman–Crippen LogP) is 1.91. The van der Waals surface area contributed by atoms with Gasteiger partial charge in [-0.25, -0.2) is 0 Å². The molecule has 1 rings (SSSR count). The third-order valence-corrected chi connectivity index (χ3v) is 2.61. The molecule has 0 bridgehead atoms. The number of rotatable bonds is 2. The summed E-state index contributed by atoms with van der Waals surface area (Å²) in [7, 11) is -0.827. The van der Waals surface area contributed by atoms with E-state index in [1.165, 1.54) is 7.11 Å². The molecular formula is C8H8O3P+. The summed E-state index contributed by atoms with van der Waals surface area (Å²) in [5, 5.41) is 0.499. The molecule has 0 aliphatic rings. The first-order valence-electron chi connectivity index (χ1n) is 3.36. The zero-order valence-corrected chi connectivity index (χ0v) is 7.45. The molecule has 0 saturated heterocycles. The second kappa shape index (κ2) is 3.98. The van der Waals surface area contributed by atoms with Crippen LogP contribution < -0.4 is 5.30 Å². The predicted molar refractivity (Wildman–Crippen MR) is 46.1 cm³/mol. The maximum atomic E-state index is 11.2. The van der Waals surface area contributed by atoms with Gasteiger partial charge in [0.05, 0.1) is 7.11 Å². The fraction of sp³-hybridized carbons (Fsp3) is 0.125. The summed E-state index contributed by atoms with van der Waals surface area (Å²) in [6.07, 6.45) is 0. The van der Waals surface area contributed by atoms with E-state index in [9.17, 15) is 9.36 Å². The van der Waals surface area contributed by atoms with Gasteiger partial charge < -0.3 is 4.74 Å². The van der Waals surface area contributed by atoms with Gasteiger partial charge in [-0.2, -0.15) is 4.79 Å². The third kappa shape index (κ3) is 1.89. The maximum Gasteiger partial charge on any atom is 0.560 e. The van der Waals surface area contributed by atoms with Crippen LogP contribution in [-0.4, -0.2) is 12.8 Å². The lowest BCUT2D eigenvalue weighted by atomic mass is 10.4. The molecule has 1 aromatic rings. The van der Waals surface area contributed by atoms with Crippen molar-refractivity contribution in [2.24, 2.45) is 0 Å². The Hall–Kier alpha value is -1.21. The van der Waals surface area contributed by atoms with E-state index >= 15 is 0 Å². The van der Waals surface area contributed by atoms with Gasteiger partial charge in [-0.15, -0.1) is 0 Å². The van der Waals surface area contributed by atoms with Crippen LogP contribution in [0, 0.1) is 0 Å². The van der Waals surface area contributed by atoms with E-state index in [-0.39, 0.29) is 0 Å². The van der Waals surface area contributed by atoms with Crippen molar-refractivity contribution in [1.82, 2.24) is 0 Å². The van der Waals surface area contributed by atoms with E-state index in [0.717, 1.165) is 0 Å². The minimum atomic E-state index is -2.05. The topological polar surface area (TPSA) is 43.4 Å². The van der Waals surface area contributed by atoms with Crippen LogP contribution in [0.3, 0.4) is 0 Å². The Balaban J connectivity index is 2.86. The number of hydrogen-bond donors (Lipinski definition) is 0. The highest BCUT2D eigenvalue weighted by Crippen LogP contribution is 2.21. The van der Waals surface area contributed by atoms with Crippen LogP contribution in [0.15, 0.2) is 30.3 Å². The molecule has 0 aliphatic carbocycles. The summed E-state index contributed by atoms with van der Waals surface area (Å²) in [5.41, 5.74) is -0.684. The van der Waals surface area contributed by atoms with Crippen LogP contribution in [0.5, 0.6) is 0 Å². The van der Waals surface area contributed by atoms with Crippen molar-refractivity contribution < 1.29 is 14.1 Å². The molecule has 0 saturated carbocycles. The largest absolute Gasteiger partial charge is 0.560 e. The monoisotopic (exact) mass is 183 g/mol. The summed E-state index contributed by atoms with van der Waals surface area (Å²) in [5.74, 6) is 0. The highest BCUT2D eigenvalue weighted by molar-refractivity contribution is 7.70. The lowest BCUT2D eigenvalue weighted by Crippen LogP contribution is -2.02. The Kier molecular flexibility index (Phi) is 2.94. The van der Waals surface area contributed by atoms with Gasteiger partial charge in [0.25, 0.3) is 0 Å². The highest BCUT2D eigenvalue weighted by atomic mass is 31.1. The van der Waals surface area contributed by atoms with Gasteiger partial charge in [0.2, 0.25) is 5.30 Å². The second-order valence-electron chi connectivity index (χ2n) is 2.10. The van der Waals surface area contributed by atoms with Crippen LogP contribution in [0.25, 0.3) is 0 Å². The minimum absolute atomic E-state index is 0.499. The lowest BCUT2D eigenvalue weighted by molar-refractivity contribution is 0.198. The molecule has 1 atom stereocenters. The Bertz CT molecular complexity index is 294. The number of ether oxygens (including phenoxy) is 1. The fourth-order valence-electron chi connectivity index (χ4n) is 0.752. The Labute approximate surface area is 71.1 Å². The molecule has 1 unspecified atom stereocenters. The summed E-state index contributed by atoms with van der Waals surface area (Å²) in [6, 6.07) is 8.52. The average Bonchev–Trinajstić information content (AvgIpc) is 2.17. The summed E-state index contributed by atoms with van der Waals surface area (Å²) < 4.78 is 15.6. The van der Waals surface area contributed by atoms with Gasteiger partial charge >= 0.3 is 13.5 Å². The van der Waals surface area contributed by atoms with Gasteiger partial charge in [0, 0.05) is 0 Å². The molecule has 1 aromatic carbocycles. The number of carbonyl (C=O) groups excluding carboxylic acids is 1. The van der Waals surface area contributed by atoms with Gasteiger partial charge in [-0.05, 0) is 12.1 Å². The van der Waals surface area contributed by atoms with Gasteiger partial charge in [-0.3, -0.25) is 0 Å². The van der Waals surface area contributed by atoms with Crippen molar-refractivity contribution in [3.8, 4) is 0 Å². The van der Waals surface area contributed by atoms with Gasteiger partial charge in [-0.1, -0.05) is 22.8 Å². The van der Waals surface area contributed by atoms with E-state index in [0.29, 0.717) is 5.30 Å². The first-order valence-corrected chi connectivity index (χ1v) is 4.62. The molecule has 0 N–H and O–H groups in total. The minimum Gasteiger partial charge on any atom is -0.431 e. The van der Waals surface area contributed by atoms with Crippen LogP contribution >= 0.6 is 7.80 Å². The number of carbonyl (C=O) groups is 1. The molecule has 62 valence electrons. The van der Waals surface area contributed by atoms with E-state index in [4.69, 9.17) is 0 Å². The molecule has 0 amide bonds. The molecule has 0 radical (unpaired) electrons. The van der Waals surface area contributed by atoms with Crippen molar-refractivity contribution in [1.29, 1.82) is 0 Å². The summed E-state index contributed by atoms with van der Waals surface area (Å²) in [4.78, 5) is 10.8. The Morgan fingerprint density at radius 2 is 1.92 bits per heavy atom. The van der Waals surface area contributed by atoms with Crippen LogP contribution in [0.2, 0.25) is 0 Å². The molecule has 0 fully saturated rings. The standard InChI is InChI=1S/C8H8O3P/c1-11-8(9)12(10)7-5-3-2-4-6-7/h2-6H,1H3/q+1. The zero-order valence-electron chi connectivity index (χ0n) is 6.56. The number of hydrogen-bond acceptors (Lipinski definition) is 3. The number of methoxy groups -OCH3 is 1. The molecule has 12 heavy (non-hydrogen) atoms. The van der Waals surface area contributed by atoms with E-state index in [2.05, 4.69) is 4.74 Å². The van der Waals surface area contributed by atoms with Crippen molar-refractivity contribution in [2.45, 2.75) is 0 Å². The maximum absolute atomic E-state index is 11.2. The molecule has 0 spiro atoms. The molecule has 0 aromatic heterocycles. The molecule has 0 aliphatic heterocycles. The van der Waals surface area contributed by atoms with Crippen molar-refractivity contribution in [3.63, 3.8) is 0 Å². The van der Waals surface area contributed by atoms with E-state index < -0.39 is 13.5 Å². The first kappa shape index (κ1) is 8.88. The normalized spacial score (nSPS) is 10.6. The average molecular weight is 183 g/mol. The van der Waals surface area contributed by atoms with Crippen LogP contribution in [0.1, 0.15) is 0 Å². The Morgan fingerprint density at radius 3 is 2.42 bits per heavy atom. The molecule has 0 heterocycles.